The Labute approximate surface area is 127 Å². The SMILES string of the molecule is Nc1scc(-c2ccc(F)cc2)c1C(=O)NC1CCCC1. The smallest absolute Gasteiger partial charge is 0.255 e. The summed E-state index contributed by atoms with van der Waals surface area (Å²) >= 11 is 1.34. The lowest BCUT2D eigenvalue weighted by Crippen LogP contribution is -2.33. The lowest BCUT2D eigenvalue weighted by Gasteiger charge is -2.13. The lowest BCUT2D eigenvalue weighted by atomic mass is 10.0. The minimum absolute atomic E-state index is 0.125. The Morgan fingerprint density at radius 1 is 1.24 bits per heavy atom. The molecule has 0 aliphatic heterocycles. The zero-order chi connectivity index (χ0) is 14.8. The third kappa shape index (κ3) is 2.93. The molecule has 0 bridgehead atoms. The van der Waals surface area contributed by atoms with Gasteiger partial charge in [0, 0.05) is 17.0 Å². The van der Waals surface area contributed by atoms with E-state index in [1.54, 1.807) is 12.1 Å². The number of anilines is 1. The first kappa shape index (κ1) is 14.1. The normalized spacial score (nSPS) is 15.3. The van der Waals surface area contributed by atoms with Gasteiger partial charge in [-0.25, -0.2) is 4.39 Å². The van der Waals surface area contributed by atoms with Crippen LogP contribution in [0.4, 0.5) is 9.39 Å². The van der Waals surface area contributed by atoms with Crippen molar-refractivity contribution >= 4 is 22.2 Å². The molecule has 1 aromatic carbocycles. The fraction of sp³-hybridized carbons (Fsp3) is 0.312. The van der Waals surface area contributed by atoms with Crippen molar-refractivity contribution in [3.8, 4) is 11.1 Å². The first-order valence-electron chi connectivity index (χ1n) is 7.09. The van der Waals surface area contributed by atoms with Crippen molar-refractivity contribution in [1.82, 2.24) is 5.32 Å². The molecular formula is C16H17FN2OS. The molecule has 2 aromatic rings. The lowest BCUT2D eigenvalue weighted by molar-refractivity contribution is 0.0940. The Morgan fingerprint density at radius 2 is 1.90 bits per heavy atom. The minimum atomic E-state index is -0.293. The average Bonchev–Trinajstić information content (AvgIpc) is 3.09. The number of hydrogen-bond acceptors (Lipinski definition) is 3. The van der Waals surface area contributed by atoms with Crippen LogP contribution in [0, 0.1) is 5.82 Å². The summed E-state index contributed by atoms with van der Waals surface area (Å²) in [5, 5.41) is 5.42. The first-order chi connectivity index (χ1) is 10.1. The third-order valence-corrected chi connectivity index (χ3v) is 4.70. The Morgan fingerprint density at radius 3 is 2.57 bits per heavy atom. The number of benzene rings is 1. The van der Waals surface area contributed by atoms with Gasteiger partial charge in [0.2, 0.25) is 0 Å². The van der Waals surface area contributed by atoms with Crippen LogP contribution in [0.15, 0.2) is 29.6 Å². The van der Waals surface area contributed by atoms with Gasteiger partial charge in [-0.15, -0.1) is 11.3 Å². The number of hydrogen-bond donors (Lipinski definition) is 2. The van der Waals surface area contributed by atoms with Gasteiger partial charge in [0.05, 0.1) is 10.6 Å². The molecule has 0 radical (unpaired) electrons. The highest BCUT2D eigenvalue weighted by molar-refractivity contribution is 7.15. The monoisotopic (exact) mass is 304 g/mol. The van der Waals surface area contributed by atoms with Gasteiger partial charge in [-0.05, 0) is 30.5 Å². The van der Waals surface area contributed by atoms with Gasteiger partial charge >= 0.3 is 0 Å². The number of nitrogens with two attached hydrogens (primary N) is 1. The van der Waals surface area contributed by atoms with E-state index in [1.807, 2.05) is 5.38 Å². The van der Waals surface area contributed by atoms with Crippen molar-refractivity contribution in [2.24, 2.45) is 0 Å². The van der Waals surface area contributed by atoms with Crippen molar-refractivity contribution in [3.05, 3.63) is 41.0 Å². The zero-order valence-corrected chi connectivity index (χ0v) is 12.4. The number of nitrogens with one attached hydrogen (secondary N) is 1. The number of nitrogen functional groups attached to an aromatic ring is 1. The fourth-order valence-electron chi connectivity index (χ4n) is 2.78. The van der Waals surface area contributed by atoms with Gasteiger partial charge in [0.25, 0.3) is 5.91 Å². The maximum Gasteiger partial charge on any atom is 0.255 e. The largest absolute Gasteiger partial charge is 0.390 e. The molecule has 1 aliphatic carbocycles. The van der Waals surface area contributed by atoms with Crippen LogP contribution in [0.2, 0.25) is 0 Å². The summed E-state index contributed by atoms with van der Waals surface area (Å²) in [7, 11) is 0. The average molecular weight is 304 g/mol. The molecule has 0 saturated heterocycles. The quantitative estimate of drug-likeness (QED) is 0.906. The van der Waals surface area contributed by atoms with Crippen molar-refractivity contribution in [1.29, 1.82) is 0 Å². The van der Waals surface area contributed by atoms with Crippen molar-refractivity contribution in [2.45, 2.75) is 31.7 Å². The Kier molecular flexibility index (Phi) is 3.92. The summed E-state index contributed by atoms with van der Waals surface area (Å²) in [6, 6.07) is 6.37. The standard InChI is InChI=1S/C16H17FN2OS/c17-11-7-5-10(6-8-11)13-9-21-15(18)14(13)16(20)19-12-3-1-2-4-12/h5-9,12H,1-4,18H2,(H,19,20). The van der Waals surface area contributed by atoms with E-state index >= 15 is 0 Å². The minimum Gasteiger partial charge on any atom is -0.390 e. The molecule has 3 nitrogen and oxygen atoms in total. The second kappa shape index (κ2) is 5.85. The number of amides is 1. The van der Waals surface area contributed by atoms with E-state index in [-0.39, 0.29) is 17.8 Å². The second-order valence-electron chi connectivity index (χ2n) is 5.35. The molecule has 1 fully saturated rings. The van der Waals surface area contributed by atoms with Gasteiger partial charge in [0.15, 0.2) is 0 Å². The number of rotatable bonds is 3. The van der Waals surface area contributed by atoms with Gasteiger partial charge in [-0.1, -0.05) is 25.0 Å². The van der Waals surface area contributed by atoms with E-state index in [2.05, 4.69) is 5.32 Å². The van der Waals surface area contributed by atoms with E-state index < -0.39 is 0 Å². The molecule has 110 valence electrons. The van der Waals surface area contributed by atoms with Crippen LogP contribution in [-0.4, -0.2) is 11.9 Å². The maximum absolute atomic E-state index is 13.0. The van der Waals surface area contributed by atoms with Crippen LogP contribution in [0.3, 0.4) is 0 Å². The van der Waals surface area contributed by atoms with Gasteiger partial charge in [-0.3, -0.25) is 4.79 Å². The Balaban J connectivity index is 1.89. The summed E-state index contributed by atoms with van der Waals surface area (Å²) in [5.74, 6) is -0.418. The molecule has 3 rings (SSSR count). The third-order valence-electron chi connectivity index (χ3n) is 3.89. The van der Waals surface area contributed by atoms with Crippen LogP contribution >= 0.6 is 11.3 Å². The topological polar surface area (TPSA) is 55.1 Å². The van der Waals surface area contributed by atoms with Gasteiger partial charge in [0.1, 0.15) is 5.82 Å². The highest BCUT2D eigenvalue weighted by atomic mass is 32.1. The predicted molar refractivity (Wildman–Crippen MR) is 83.8 cm³/mol. The zero-order valence-electron chi connectivity index (χ0n) is 11.6. The molecule has 1 amide bonds. The van der Waals surface area contributed by atoms with E-state index in [9.17, 15) is 9.18 Å². The van der Waals surface area contributed by atoms with Crippen LogP contribution in [-0.2, 0) is 0 Å². The number of thiophene rings is 1. The van der Waals surface area contributed by atoms with Crippen LogP contribution < -0.4 is 11.1 Å². The maximum atomic E-state index is 13.0. The molecular weight excluding hydrogens is 287 g/mol. The summed E-state index contributed by atoms with van der Waals surface area (Å²) in [6.07, 6.45) is 4.38. The predicted octanol–water partition coefficient (Wildman–Crippen LogP) is 3.81. The molecule has 1 aromatic heterocycles. The Hall–Kier alpha value is -1.88. The van der Waals surface area contributed by atoms with Crippen molar-refractivity contribution in [2.75, 3.05) is 5.73 Å². The summed E-state index contributed by atoms with van der Waals surface area (Å²) in [6.45, 7) is 0. The molecule has 5 heteroatoms. The highest BCUT2D eigenvalue weighted by Gasteiger charge is 2.23. The van der Waals surface area contributed by atoms with E-state index in [4.69, 9.17) is 5.73 Å². The van der Waals surface area contributed by atoms with E-state index in [1.165, 1.54) is 23.5 Å². The summed E-state index contributed by atoms with van der Waals surface area (Å²) < 4.78 is 13.0. The van der Waals surface area contributed by atoms with Crippen LogP contribution in [0.5, 0.6) is 0 Å². The van der Waals surface area contributed by atoms with Crippen LogP contribution in [0.25, 0.3) is 11.1 Å². The molecule has 0 spiro atoms. The molecule has 1 saturated carbocycles. The summed E-state index contributed by atoms with van der Waals surface area (Å²) in [4.78, 5) is 12.5. The van der Waals surface area contributed by atoms with E-state index in [0.717, 1.165) is 36.8 Å². The molecule has 1 heterocycles. The number of halogens is 1. The van der Waals surface area contributed by atoms with Crippen molar-refractivity contribution in [3.63, 3.8) is 0 Å². The summed E-state index contributed by atoms with van der Waals surface area (Å²) in [5.41, 5.74) is 8.06. The van der Waals surface area contributed by atoms with Gasteiger partial charge < -0.3 is 11.1 Å². The first-order valence-corrected chi connectivity index (χ1v) is 7.97. The highest BCUT2D eigenvalue weighted by Crippen LogP contribution is 2.34. The van der Waals surface area contributed by atoms with Crippen LogP contribution in [0.1, 0.15) is 36.0 Å². The van der Waals surface area contributed by atoms with E-state index in [0.29, 0.717) is 10.6 Å². The molecule has 21 heavy (non-hydrogen) atoms. The van der Waals surface area contributed by atoms with Gasteiger partial charge in [-0.2, -0.15) is 0 Å². The molecule has 0 atom stereocenters. The van der Waals surface area contributed by atoms with Crippen molar-refractivity contribution < 1.29 is 9.18 Å². The fourth-order valence-corrected chi connectivity index (χ4v) is 3.60. The Bertz CT molecular complexity index is 645. The number of carbonyl (C=O) groups excluding carboxylic acids is 1. The molecule has 3 N–H and O–H groups in total. The molecule has 1 aliphatic rings. The second-order valence-corrected chi connectivity index (χ2v) is 6.26. The molecule has 0 unspecified atom stereocenters. The number of carbonyl (C=O) groups is 1.